The molecule has 0 aliphatic heterocycles. The number of carbonyl (C=O) groups is 1. The molecular formula is C21H29N5O. The van der Waals surface area contributed by atoms with Gasteiger partial charge < -0.3 is 14.9 Å². The van der Waals surface area contributed by atoms with E-state index >= 15 is 0 Å². The molecule has 0 aliphatic rings. The maximum absolute atomic E-state index is 12.5. The standard InChI is InChI=1S/C21H29N5O/c1-13(2)20-22-11-12-26(20)16(5)21(27)23-10-6-7-18-24-17-9-8-14(3)15(4)19(17)25-18/h8-9,11-13,16H,6-7,10H2,1-5H3,(H,23,27)(H,24,25)/t16-/m0/s1. The number of carbonyl (C=O) groups excluding carboxylic acids is 1. The Hall–Kier alpha value is -2.63. The van der Waals surface area contributed by atoms with Crippen LogP contribution >= 0.6 is 0 Å². The van der Waals surface area contributed by atoms with Gasteiger partial charge in [0.05, 0.1) is 11.0 Å². The Bertz CT molecular complexity index is 937. The van der Waals surface area contributed by atoms with E-state index in [-0.39, 0.29) is 17.9 Å². The highest BCUT2D eigenvalue weighted by Crippen LogP contribution is 2.20. The number of fused-ring (bicyclic) bond motifs is 1. The number of hydrogen-bond donors (Lipinski definition) is 2. The minimum atomic E-state index is -0.262. The summed E-state index contributed by atoms with van der Waals surface area (Å²) in [6, 6.07) is 3.93. The number of hydrogen-bond acceptors (Lipinski definition) is 3. The number of aromatic amines is 1. The van der Waals surface area contributed by atoms with E-state index < -0.39 is 0 Å². The fraction of sp³-hybridized carbons (Fsp3) is 0.476. The molecule has 144 valence electrons. The molecule has 0 unspecified atom stereocenters. The van der Waals surface area contributed by atoms with Crippen molar-refractivity contribution in [3.8, 4) is 0 Å². The summed E-state index contributed by atoms with van der Waals surface area (Å²) in [7, 11) is 0. The highest BCUT2D eigenvalue weighted by atomic mass is 16.2. The topological polar surface area (TPSA) is 75.6 Å². The number of nitrogens with zero attached hydrogens (tertiary/aromatic N) is 3. The van der Waals surface area contributed by atoms with E-state index in [0.717, 1.165) is 35.5 Å². The van der Waals surface area contributed by atoms with Crippen LogP contribution in [0, 0.1) is 13.8 Å². The monoisotopic (exact) mass is 367 g/mol. The van der Waals surface area contributed by atoms with Crippen LogP contribution in [0.2, 0.25) is 0 Å². The van der Waals surface area contributed by atoms with E-state index in [2.05, 4.69) is 55.1 Å². The molecule has 0 fully saturated rings. The van der Waals surface area contributed by atoms with Crippen molar-refractivity contribution in [1.82, 2.24) is 24.8 Å². The molecule has 2 N–H and O–H groups in total. The normalized spacial score (nSPS) is 12.7. The van der Waals surface area contributed by atoms with Crippen LogP contribution in [0.4, 0.5) is 0 Å². The van der Waals surface area contributed by atoms with Crippen molar-refractivity contribution in [3.63, 3.8) is 0 Å². The van der Waals surface area contributed by atoms with Crippen LogP contribution in [0.15, 0.2) is 24.5 Å². The zero-order valence-electron chi connectivity index (χ0n) is 16.8. The molecule has 2 heterocycles. The average molecular weight is 367 g/mol. The molecule has 0 spiro atoms. The van der Waals surface area contributed by atoms with Crippen molar-refractivity contribution in [2.75, 3.05) is 6.54 Å². The number of rotatable bonds is 7. The lowest BCUT2D eigenvalue weighted by atomic mass is 10.1. The number of amides is 1. The van der Waals surface area contributed by atoms with Crippen LogP contribution in [-0.2, 0) is 11.2 Å². The lowest BCUT2D eigenvalue weighted by Crippen LogP contribution is -2.32. The third-order valence-electron chi connectivity index (χ3n) is 5.13. The molecule has 6 heteroatoms. The third kappa shape index (κ3) is 4.04. The molecule has 1 atom stereocenters. The largest absolute Gasteiger partial charge is 0.354 e. The molecule has 0 aliphatic carbocycles. The quantitative estimate of drug-likeness (QED) is 0.624. The predicted molar refractivity (Wildman–Crippen MR) is 108 cm³/mol. The number of nitrogens with one attached hydrogen (secondary N) is 2. The molecule has 2 aromatic heterocycles. The first kappa shape index (κ1) is 19.1. The number of aryl methyl sites for hydroxylation is 3. The lowest BCUT2D eigenvalue weighted by Gasteiger charge is -2.17. The molecule has 0 saturated carbocycles. The van der Waals surface area contributed by atoms with Crippen LogP contribution in [-0.4, -0.2) is 32.0 Å². The molecule has 1 amide bonds. The Morgan fingerprint density at radius 3 is 2.78 bits per heavy atom. The smallest absolute Gasteiger partial charge is 0.242 e. The second-order valence-electron chi connectivity index (χ2n) is 7.51. The van der Waals surface area contributed by atoms with Gasteiger partial charge in [-0.1, -0.05) is 19.9 Å². The van der Waals surface area contributed by atoms with Gasteiger partial charge in [-0.05, 0) is 44.4 Å². The predicted octanol–water partition coefficient (Wildman–Crippen LogP) is 3.81. The molecule has 0 radical (unpaired) electrons. The van der Waals surface area contributed by atoms with Crippen LogP contribution in [0.3, 0.4) is 0 Å². The van der Waals surface area contributed by atoms with Gasteiger partial charge >= 0.3 is 0 Å². The van der Waals surface area contributed by atoms with E-state index in [9.17, 15) is 4.79 Å². The van der Waals surface area contributed by atoms with Crippen molar-refractivity contribution < 1.29 is 4.79 Å². The summed E-state index contributed by atoms with van der Waals surface area (Å²) in [5.74, 6) is 2.21. The van der Waals surface area contributed by atoms with Crippen molar-refractivity contribution in [2.24, 2.45) is 0 Å². The highest BCUT2D eigenvalue weighted by molar-refractivity contribution is 5.80. The average Bonchev–Trinajstić information content (AvgIpc) is 3.28. The zero-order chi connectivity index (χ0) is 19.6. The summed E-state index contributed by atoms with van der Waals surface area (Å²) in [6.07, 6.45) is 5.28. The van der Waals surface area contributed by atoms with Crippen LogP contribution in [0.5, 0.6) is 0 Å². The SMILES string of the molecule is Cc1ccc2[nH]c(CCCNC(=O)[C@H](C)n3ccnc3C(C)C)nc2c1C. The Morgan fingerprint density at radius 1 is 1.26 bits per heavy atom. The Kier molecular flexibility index (Phi) is 5.63. The van der Waals surface area contributed by atoms with Crippen molar-refractivity contribution in [1.29, 1.82) is 0 Å². The first-order chi connectivity index (χ1) is 12.9. The summed E-state index contributed by atoms with van der Waals surface area (Å²) in [4.78, 5) is 24.9. The van der Waals surface area contributed by atoms with Crippen molar-refractivity contribution >= 4 is 16.9 Å². The Balaban J connectivity index is 1.53. The summed E-state index contributed by atoms with van der Waals surface area (Å²) < 4.78 is 1.95. The fourth-order valence-electron chi connectivity index (χ4n) is 3.32. The van der Waals surface area contributed by atoms with Gasteiger partial charge in [-0.2, -0.15) is 0 Å². The maximum atomic E-state index is 12.5. The van der Waals surface area contributed by atoms with Crippen LogP contribution in [0.25, 0.3) is 11.0 Å². The maximum Gasteiger partial charge on any atom is 0.242 e. The van der Waals surface area contributed by atoms with E-state index in [4.69, 9.17) is 4.98 Å². The highest BCUT2D eigenvalue weighted by Gasteiger charge is 2.18. The van der Waals surface area contributed by atoms with E-state index in [0.29, 0.717) is 6.54 Å². The van der Waals surface area contributed by atoms with E-state index in [1.807, 2.05) is 17.7 Å². The van der Waals surface area contributed by atoms with Crippen molar-refractivity contribution in [2.45, 2.75) is 59.4 Å². The van der Waals surface area contributed by atoms with Crippen LogP contribution in [0.1, 0.15) is 61.9 Å². The molecule has 1 aromatic carbocycles. The molecule has 27 heavy (non-hydrogen) atoms. The minimum absolute atomic E-state index is 0.0194. The zero-order valence-corrected chi connectivity index (χ0v) is 16.8. The second-order valence-corrected chi connectivity index (χ2v) is 7.51. The van der Waals surface area contributed by atoms with Gasteiger partial charge in [0.1, 0.15) is 17.7 Å². The molecule has 3 aromatic rings. The molecule has 0 saturated heterocycles. The molecule has 0 bridgehead atoms. The summed E-state index contributed by atoms with van der Waals surface area (Å²) in [5.41, 5.74) is 4.59. The molecule has 3 rings (SSSR count). The number of benzene rings is 1. The molecular weight excluding hydrogens is 338 g/mol. The van der Waals surface area contributed by atoms with Gasteiger partial charge in [0, 0.05) is 31.3 Å². The van der Waals surface area contributed by atoms with Crippen molar-refractivity contribution in [3.05, 3.63) is 47.3 Å². The first-order valence-corrected chi connectivity index (χ1v) is 9.63. The summed E-state index contributed by atoms with van der Waals surface area (Å²) in [6.45, 7) is 10.9. The second kappa shape index (κ2) is 7.94. The first-order valence-electron chi connectivity index (χ1n) is 9.63. The van der Waals surface area contributed by atoms with Gasteiger partial charge in [-0.15, -0.1) is 0 Å². The summed E-state index contributed by atoms with van der Waals surface area (Å²) in [5, 5.41) is 3.03. The number of H-pyrrole nitrogens is 1. The Morgan fingerprint density at radius 2 is 2.04 bits per heavy atom. The molecule has 6 nitrogen and oxygen atoms in total. The Labute approximate surface area is 160 Å². The van der Waals surface area contributed by atoms with Gasteiger partial charge in [0.2, 0.25) is 5.91 Å². The summed E-state index contributed by atoms with van der Waals surface area (Å²) >= 11 is 0. The van der Waals surface area contributed by atoms with Gasteiger partial charge in [-0.25, -0.2) is 9.97 Å². The van der Waals surface area contributed by atoms with Gasteiger partial charge in [0.25, 0.3) is 0 Å². The van der Waals surface area contributed by atoms with Gasteiger partial charge in [-0.3, -0.25) is 4.79 Å². The number of imidazole rings is 2. The fourth-order valence-corrected chi connectivity index (χ4v) is 3.32. The van der Waals surface area contributed by atoms with Crippen LogP contribution < -0.4 is 5.32 Å². The minimum Gasteiger partial charge on any atom is -0.354 e. The number of aromatic nitrogens is 4. The van der Waals surface area contributed by atoms with E-state index in [1.165, 1.54) is 11.1 Å². The van der Waals surface area contributed by atoms with E-state index in [1.54, 1.807) is 6.20 Å². The third-order valence-corrected chi connectivity index (χ3v) is 5.13. The lowest BCUT2D eigenvalue weighted by molar-refractivity contribution is -0.123. The van der Waals surface area contributed by atoms with Gasteiger partial charge in [0.15, 0.2) is 0 Å².